The smallest absolute Gasteiger partial charge is 0.255 e. The third kappa shape index (κ3) is 3.35. The molecule has 0 heterocycles. The van der Waals surface area contributed by atoms with Gasteiger partial charge in [-0.2, -0.15) is 0 Å². The predicted molar refractivity (Wildman–Crippen MR) is 83.1 cm³/mol. The quantitative estimate of drug-likeness (QED) is 0.762. The molecule has 0 aliphatic rings. The zero-order chi connectivity index (χ0) is 15.6. The first-order valence-electron chi connectivity index (χ1n) is 6.09. The molecule has 2 aromatic carbocycles. The standard InChI is InChI=1S/C15H13FN2O2S/c1-8-6-10(3-5-13(8)19)15(20)18-12-4-2-9(14(17)21)7-11(12)16/h2-7,19H,1H3,(H2,17,21)(H,18,20). The normalized spacial score (nSPS) is 10.2. The van der Waals surface area contributed by atoms with Gasteiger partial charge in [-0.3, -0.25) is 4.79 Å². The number of hydrogen-bond acceptors (Lipinski definition) is 3. The summed E-state index contributed by atoms with van der Waals surface area (Å²) in [5.41, 5.74) is 6.72. The Hall–Kier alpha value is -2.47. The molecule has 0 saturated heterocycles. The molecule has 6 heteroatoms. The molecule has 0 aliphatic heterocycles. The van der Waals surface area contributed by atoms with E-state index in [1.54, 1.807) is 6.92 Å². The van der Waals surface area contributed by atoms with Gasteiger partial charge in [0.2, 0.25) is 0 Å². The number of amides is 1. The number of thiocarbonyl (C=S) groups is 1. The van der Waals surface area contributed by atoms with E-state index in [9.17, 15) is 14.3 Å². The first kappa shape index (κ1) is 14.9. The van der Waals surface area contributed by atoms with Crippen LogP contribution in [0.1, 0.15) is 21.5 Å². The van der Waals surface area contributed by atoms with Crippen LogP contribution in [-0.2, 0) is 0 Å². The fraction of sp³-hybridized carbons (Fsp3) is 0.0667. The van der Waals surface area contributed by atoms with Gasteiger partial charge in [0.1, 0.15) is 16.6 Å². The Morgan fingerprint density at radius 3 is 2.48 bits per heavy atom. The van der Waals surface area contributed by atoms with Gasteiger partial charge in [-0.05, 0) is 48.9 Å². The third-order valence-corrected chi connectivity index (χ3v) is 3.20. The molecule has 0 aromatic heterocycles. The maximum absolute atomic E-state index is 13.9. The van der Waals surface area contributed by atoms with Crippen molar-refractivity contribution >= 4 is 28.8 Å². The first-order valence-corrected chi connectivity index (χ1v) is 6.49. The number of aryl methyl sites for hydroxylation is 1. The number of nitrogens with two attached hydrogens (primary N) is 1. The van der Waals surface area contributed by atoms with Crippen molar-refractivity contribution in [2.75, 3.05) is 5.32 Å². The van der Waals surface area contributed by atoms with Crippen molar-refractivity contribution in [2.24, 2.45) is 5.73 Å². The number of phenolic OH excluding ortho intramolecular Hbond substituents is 1. The lowest BCUT2D eigenvalue weighted by molar-refractivity contribution is 0.102. The molecule has 0 fully saturated rings. The van der Waals surface area contributed by atoms with Crippen LogP contribution in [0.3, 0.4) is 0 Å². The van der Waals surface area contributed by atoms with Gasteiger partial charge in [-0.15, -0.1) is 0 Å². The summed E-state index contributed by atoms with van der Waals surface area (Å²) >= 11 is 4.76. The number of aromatic hydroxyl groups is 1. The first-order chi connectivity index (χ1) is 9.88. The van der Waals surface area contributed by atoms with Gasteiger partial charge >= 0.3 is 0 Å². The van der Waals surface area contributed by atoms with Crippen molar-refractivity contribution in [1.82, 2.24) is 0 Å². The predicted octanol–water partition coefficient (Wildman–Crippen LogP) is 2.73. The Balaban J connectivity index is 2.23. The monoisotopic (exact) mass is 304 g/mol. The average molecular weight is 304 g/mol. The van der Waals surface area contributed by atoms with Crippen LogP contribution >= 0.6 is 12.2 Å². The zero-order valence-corrected chi connectivity index (χ0v) is 12.0. The number of carbonyl (C=O) groups excluding carboxylic acids is 1. The average Bonchev–Trinajstić information content (AvgIpc) is 2.43. The molecule has 108 valence electrons. The molecule has 4 nitrogen and oxygen atoms in total. The van der Waals surface area contributed by atoms with Crippen LogP contribution in [0.5, 0.6) is 5.75 Å². The zero-order valence-electron chi connectivity index (χ0n) is 11.2. The summed E-state index contributed by atoms with van der Waals surface area (Å²) in [6.45, 7) is 1.67. The van der Waals surface area contributed by atoms with Gasteiger partial charge in [-0.25, -0.2) is 4.39 Å². The summed E-state index contributed by atoms with van der Waals surface area (Å²) in [7, 11) is 0. The largest absolute Gasteiger partial charge is 0.508 e. The van der Waals surface area contributed by atoms with Crippen molar-refractivity contribution in [1.29, 1.82) is 0 Å². The van der Waals surface area contributed by atoms with Crippen LogP contribution in [0.15, 0.2) is 36.4 Å². The lowest BCUT2D eigenvalue weighted by Gasteiger charge is -2.09. The van der Waals surface area contributed by atoms with E-state index in [2.05, 4.69) is 5.32 Å². The van der Waals surface area contributed by atoms with Gasteiger partial charge in [0, 0.05) is 11.1 Å². The Morgan fingerprint density at radius 1 is 1.24 bits per heavy atom. The second-order valence-electron chi connectivity index (χ2n) is 4.51. The van der Waals surface area contributed by atoms with Crippen molar-refractivity contribution in [3.05, 3.63) is 58.9 Å². The number of benzene rings is 2. The summed E-state index contributed by atoms with van der Waals surface area (Å²) in [5.74, 6) is -0.997. The van der Waals surface area contributed by atoms with Crippen LogP contribution in [0, 0.1) is 12.7 Å². The highest BCUT2D eigenvalue weighted by Crippen LogP contribution is 2.20. The van der Waals surface area contributed by atoms with Gasteiger partial charge in [0.15, 0.2) is 0 Å². The van der Waals surface area contributed by atoms with E-state index < -0.39 is 11.7 Å². The van der Waals surface area contributed by atoms with Crippen molar-refractivity contribution in [3.63, 3.8) is 0 Å². The van der Waals surface area contributed by atoms with E-state index in [0.717, 1.165) is 0 Å². The lowest BCUT2D eigenvalue weighted by Crippen LogP contribution is -2.14. The molecule has 21 heavy (non-hydrogen) atoms. The summed E-state index contributed by atoms with van der Waals surface area (Å²) in [6.07, 6.45) is 0. The number of halogens is 1. The third-order valence-electron chi connectivity index (χ3n) is 2.96. The summed E-state index contributed by atoms with van der Waals surface area (Å²) < 4.78 is 13.9. The van der Waals surface area contributed by atoms with E-state index >= 15 is 0 Å². The number of phenols is 1. The number of nitrogens with one attached hydrogen (secondary N) is 1. The molecule has 4 N–H and O–H groups in total. The number of carbonyl (C=O) groups is 1. The topological polar surface area (TPSA) is 75.4 Å². The molecule has 0 unspecified atom stereocenters. The van der Waals surface area contributed by atoms with Crippen LogP contribution < -0.4 is 11.1 Å². The molecule has 0 saturated carbocycles. The highest BCUT2D eigenvalue weighted by atomic mass is 32.1. The Kier molecular flexibility index (Phi) is 4.18. The molecule has 0 spiro atoms. The van der Waals surface area contributed by atoms with Gasteiger partial charge < -0.3 is 16.2 Å². The van der Waals surface area contributed by atoms with Crippen LogP contribution in [0.4, 0.5) is 10.1 Å². The Morgan fingerprint density at radius 2 is 1.90 bits per heavy atom. The highest BCUT2D eigenvalue weighted by molar-refractivity contribution is 7.80. The molecule has 1 amide bonds. The van der Waals surface area contributed by atoms with Crippen molar-refractivity contribution in [3.8, 4) is 5.75 Å². The fourth-order valence-corrected chi connectivity index (χ4v) is 1.89. The molecular weight excluding hydrogens is 291 g/mol. The maximum atomic E-state index is 13.9. The number of rotatable bonds is 3. The van der Waals surface area contributed by atoms with E-state index in [4.69, 9.17) is 18.0 Å². The second-order valence-corrected chi connectivity index (χ2v) is 4.95. The van der Waals surface area contributed by atoms with Crippen molar-refractivity contribution in [2.45, 2.75) is 6.92 Å². The molecule has 0 aliphatic carbocycles. The highest BCUT2D eigenvalue weighted by Gasteiger charge is 2.11. The second kappa shape index (κ2) is 5.88. The SMILES string of the molecule is Cc1cc(C(=O)Nc2ccc(C(N)=S)cc2F)ccc1O. The molecule has 0 bridgehead atoms. The molecule has 2 rings (SSSR count). The minimum Gasteiger partial charge on any atom is -0.508 e. The minimum atomic E-state index is -0.621. The number of anilines is 1. The Bertz CT molecular complexity index is 732. The molecule has 2 aromatic rings. The van der Waals surface area contributed by atoms with Gasteiger partial charge in [0.05, 0.1) is 5.69 Å². The fourth-order valence-electron chi connectivity index (χ4n) is 1.76. The number of hydrogen-bond donors (Lipinski definition) is 3. The molecular formula is C15H13FN2O2S. The van der Waals surface area contributed by atoms with Gasteiger partial charge in [-0.1, -0.05) is 12.2 Å². The Labute approximate surface area is 126 Å². The molecule has 0 radical (unpaired) electrons. The van der Waals surface area contributed by atoms with E-state index in [1.165, 1.54) is 36.4 Å². The van der Waals surface area contributed by atoms with Crippen LogP contribution in [-0.4, -0.2) is 16.0 Å². The van der Waals surface area contributed by atoms with E-state index in [0.29, 0.717) is 16.7 Å². The van der Waals surface area contributed by atoms with Gasteiger partial charge in [0.25, 0.3) is 5.91 Å². The van der Waals surface area contributed by atoms with Crippen molar-refractivity contribution < 1.29 is 14.3 Å². The molecule has 0 atom stereocenters. The lowest BCUT2D eigenvalue weighted by atomic mass is 10.1. The minimum absolute atomic E-state index is 0.0331. The summed E-state index contributed by atoms with van der Waals surface area (Å²) in [6, 6.07) is 8.49. The van der Waals surface area contributed by atoms with Crippen LogP contribution in [0.25, 0.3) is 0 Å². The van der Waals surface area contributed by atoms with Crippen LogP contribution in [0.2, 0.25) is 0 Å². The van der Waals surface area contributed by atoms with E-state index in [1.807, 2.05) is 0 Å². The van der Waals surface area contributed by atoms with E-state index in [-0.39, 0.29) is 16.4 Å². The maximum Gasteiger partial charge on any atom is 0.255 e. The summed E-state index contributed by atoms with van der Waals surface area (Å²) in [4.78, 5) is 12.1. The summed E-state index contributed by atoms with van der Waals surface area (Å²) in [5, 5.41) is 11.9.